The third kappa shape index (κ3) is 3.53. The van der Waals surface area contributed by atoms with Crippen molar-refractivity contribution in [1.82, 2.24) is 0 Å². The van der Waals surface area contributed by atoms with E-state index in [2.05, 4.69) is 0 Å². The molecular formula is C13H17ClO2. The Bertz CT molecular complexity index is 391. The molecule has 0 amide bonds. The summed E-state index contributed by atoms with van der Waals surface area (Å²) in [6.45, 7) is 7.70. The molecular weight excluding hydrogens is 224 g/mol. The number of hydrogen-bond acceptors (Lipinski definition) is 2. The van der Waals surface area contributed by atoms with E-state index in [4.69, 9.17) is 16.3 Å². The Hall–Kier alpha value is -1.02. The molecule has 0 radical (unpaired) electrons. The predicted molar refractivity (Wildman–Crippen MR) is 65.4 cm³/mol. The Morgan fingerprint density at radius 1 is 1.38 bits per heavy atom. The lowest BCUT2D eigenvalue weighted by atomic mass is 9.97. The first kappa shape index (κ1) is 13.0. The number of carbonyl (C=O) groups is 1. The van der Waals surface area contributed by atoms with Crippen molar-refractivity contribution in [2.45, 2.75) is 34.3 Å². The fourth-order valence-electron chi connectivity index (χ4n) is 1.09. The summed E-state index contributed by atoms with van der Waals surface area (Å²) in [5.74, 6) is -0.204. The number of benzene rings is 1. The third-order valence-corrected chi connectivity index (χ3v) is 2.63. The normalized spacial score (nSPS) is 11.3. The van der Waals surface area contributed by atoms with Gasteiger partial charge < -0.3 is 4.74 Å². The van der Waals surface area contributed by atoms with E-state index in [1.165, 1.54) is 0 Å². The van der Waals surface area contributed by atoms with E-state index in [-0.39, 0.29) is 12.6 Å². The standard InChI is InChI=1S/C13H17ClO2/c1-9-5-6-10(7-11(9)14)8-16-12(15)13(2,3)4/h5-7H,8H2,1-4H3. The summed E-state index contributed by atoms with van der Waals surface area (Å²) in [4.78, 5) is 11.5. The van der Waals surface area contributed by atoms with Crippen LogP contribution < -0.4 is 0 Å². The van der Waals surface area contributed by atoms with Crippen molar-refractivity contribution < 1.29 is 9.53 Å². The molecule has 0 saturated heterocycles. The van der Waals surface area contributed by atoms with E-state index in [1.807, 2.05) is 45.9 Å². The highest BCUT2D eigenvalue weighted by Crippen LogP contribution is 2.19. The van der Waals surface area contributed by atoms with Crippen LogP contribution in [0, 0.1) is 12.3 Å². The predicted octanol–water partition coefficient (Wildman–Crippen LogP) is 3.74. The highest BCUT2D eigenvalue weighted by atomic mass is 35.5. The van der Waals surface area contributed by atoms with Crippen LogP contribution in [-0.4, -0.2) is 5.97 Å². The zero-order valence-corrected chi connectivity index (χ0v) is 10.9. The van der Waals surface area contributed by atoms with E-state index in [1.54, 1.807) is 0 Å². The SMILES string of the molecule is Cc1ccc(COC(=O)C(C)(C)C)cc1Cl. The number of hydrogen-bond donors (Lipinski definition) is 0. The van der Waals surface area contributed by atoms with Crippen molar-refractivity contribution in [2.24, 2.45) is 5.41 Å². The summed E-state index contributed by atoms with van der Waals surface area (Å²) in [5.41, 5.74) is 1.47. The van der Waals surface area contributed by atoms with Gasteiger partial charge in [-0.25, -0.2) is 0 Å². The maximum Gasteiger partial charge on any atom is 0.311 e. The molecule has 0 saturated carbocycles. The van der Waals surface area contributed by atoms with Gasteiger partial charge in [-0.1, -0.05) is 23.7 Å². The molecule has 0 aromatic heterocycles. The van der Waals surface area contributed by atoms with Crippen molar-refractivity contribution in [2.75, 3.05) is 0 Å². The largest absolute Gasteiger partial charge is 0.460 e. The number of rotatable bonds is 2. The van der Waals surface area contributed by atoms with Crippen molar-refractivity contribution in [3.63, 3.8) is 0 Å². The Morgan fingerprint density at radius 3 is 2.50 bits per heavy atom. The molecule has 0 heterocycles. The average molecular weight is 241 g/mol. The molecule has 2 nitrogen and oxygen atoms in total. The number of halogens is 1. The van der Waals surface area contributed by atoms with Crippen LogP contribution in [0.2, 0.25) is 5.02 Å². The van der Waals surface area contributed by atoms with Gasteiger partial charge in [0.25, 0.3) is 0 Å². The van der Waals surface area contributed by atoms with Crippen LogP contribution in [-0.2, 0) is 16.1 Å². The Kier molecular flexibility index (Phi) is 3.98. The van der Waals surface area contributed by atoms with E-state index in [0.29, 0.717) is 5.02 Å². The van der Waals surface area contributed by atoms with E-state index in [0.717, 1.165) is 11.1 Å². The van der Waals surface area contributed by atoms with Gasteiger partial charge in [0.2, 0.25) is 0 Å². The second kappa shape index (κ2) is 4.88. The Balaban J connectivity index is 2.62. The summed E-state index contributed by atoms with van der Waals surface area (Å²) >= 11 is 5.98. The van der Waals surface area contributed by atoms with Crippen LogP contribution in [0.15, 0.2) is 18.2 Å². The van der Waals surface area contributed by atoms with Gasteiger partial charge >= 0.3 is 5.97 Å². The number of aryl methyl sites for hydroxylation is 1. The highest BCUT2D eigenvalue weighted by Gasteiger charge is 2.22. The lowest BCUT2D eigenvalue weighted by Crippen LogP contribution is -2.22. The number of ether oxygens (including phenoxy) is 1. The molecule has 16 heavy (non-hydrogen) atoms. The molecule has 0 bridgehead atoms. The van der Waals surface area contributed by atoms with Crippen LogP contribution in [0.1, 0.15) is 31.9 Å². The summed E-state index contributed by atoms with van der Waals surface area (Å²) < 4.78 is 5.19. The van der Waals surface area contributed by atoms with Gasteiger partial charge in [0.15, 0.2) is 0 Å². The first-order valence-electron chi connectivity index (χ1n) is 5.23. The van der Waals surface area contributed by atoms with Gasteiger partial charge in [-0.3, -0.25) is 4.79 Å². The minimum atomic E-state index is -0.464. The fourth-order valence-corrected chi connectivity index (χ4v) is 1.29. The summed E-state index contributed by atoms with van der Waals surface area (Å²) in [7, 11) is 0. The molecule has 3 heteroatoms. The number of esters is 1. The molecule has 0 N–H and O–H groups in total. The third-order valence-electron chi connectivity index (χ3n) is 2.22. The Morgan fingerprint density at radius 2 is 2.00 bits per heavy atom. The zero-order valence-electron chi connectivity index (χ0n) is 10.1. The van der Waals surface area contributed by atoms with E-state index >= 15 is 0 Å². The molecule has 88 valence electrons. The molecule has 1 rings (SSSR count). The van der Waals surface area contributed by atoms with Crippen molar-refractivity contribution in [3.05, 3.63) is 34.3 Å². The molecule has 0 atom stereocenters. The van der Waals surface area contributed by atoms with Crippen molar-refractivity contribution in [1.29, 1.82) is 0 Å². The average Bonchev–Trinajstić information content (AvgIpc) is 2.18. The van der Waals surface area contributed by atoms with Crippen molar-refractivity contribution in [3.8, 4) is 0 Å². The van der Waals surface area contributed by atoms with Crippen LogP contribution in [0.25, 0.3) is 0 Å². The molecule has 1 aromatic rings. The second-order valence-corrected chi connectivity index (χ2v) is 5.32. The van der Waals surface area contributed by atoms with E-state index in [9.17, 15) is 4.79 Å². The summed E-state index contributed by atoms with van der Waals surface area (Å²) in [5, 5.41) is 0.698. The van der Waals surface area contributed by atoms with Gasteiger partial charge in [-0.15, -0.1) is 0 Å². The molecule has 0 aliphatic heterocycles. The van der Waals surface area contributed by atoms with Crippen LogP contribution in [0.4, 0.5) is 0 Å². The van der Waals surface area contributed by atoms with Crippen molar-refractivity contribution >= 4 is 17.6 Å². The molecule has 0 aliphatic carbocycles. The maximum atomic E-state index is 11.5. The molecule has 0 unspecified atom stereocenters. The summed E-state index contributed by atoms with van der Waals surface area (Å²) in [6, 6.07) is 5.66. The van der Waals surface area contributed by atoms with Crippen LogP contribution in [0.3, 0.4) is 0 Å². The van der Waals surface area contributed by atoms with E-state index < -0.39 is 5.41 Å². The molecule has 1 aromatic carbocycles. The first-order valence-corrected chi connectivity index (χ1v) is 5.61. The second-order valence-electron chi connectivity index (χ2n) is 4.91. The Labute approximate surface area is 102 Å². The van der Waals surface area contributed by atoms with Gasteiger partial charge in [0.05, 0.1) is 5.41 Å². The minimum Gasteiger partial charge on any atom is -0.460 e. The monoisotopic (exact) mass is 240 g/mol. The van der Waals surface area contributed by atoms with Gasteiger partial charge in [-0.2, -0.15) is 0 Å². The lowest BCUT2D eigenvalue weighted by molar-refractivity contribution is -0.154. The number of carbonyl (C=O) groups excluding carboxylic acids is 1. The lowest BCUT2D eigenvalue weighted by Gasteiger charge is -2.16. The maximum absolute atomic E-state index is 11.5. The zero-order chi connectivity index (χ0) is 12.3. The minimum absolute atomic E-state index is 0.204. The van der Waals surface area contributed by atoms with Gasteiger partial charge in [0, 0.05) is 5.02 Å². The highest BCUT2D eigenvalue weighted by molar-refractivity contribution is 6.31. The molecule has 0 spiro atoms. The molecule has 0 aliphatic rings. The topological polar surface area (TPSA) is 26.3 Å². The first-order chi connectivity index (χ1) is 7.30. The smallest absolute Gasteiger partial charge is 0.311 e. The van der Waals surface area contributed by atoms with Gasteiger partial charge in [-0.05, 0) is 44.9 Å². The van der Waals surface area contributed by atoms with Crippen LogP contribution >= 0.6 is 11.6 Å². The quantitative estimate of drug-likeness (QED) is 0.737. The van der Waals surface area contributed by atoms with Crippen LogP contribution in [0.5, 0.6) is 0 Å². The molecule has 0 fully saturated rings. The van der Waals surface area contributed by atoms with Gasteiger partial charge in [0.1, 0.15) is 6.61 Å². The summed E-state index contributed by atoms with van der Waals surface area (Å²) in [6.07, 6.45) is 0. The fraction of sp³-hybridized carbons (Fsp3) is 0.462.